The summed E-state index contributed by atoms with van der Waals surface area (Å²) in [5.74, 6) is 0.796. The van der Waals surface area contributed by atoms with Gasteiger partial charge in [-0.25, -0.2) is 4.98 Å². The number of nitrogen functional groups attached to an aromatic ring is 1. The fraction of sp³-hybridized carbons (Fsp3) is 0.267. The van der Waals surface area contributed by atoms with E-state index in [1.54, 1.807) is 6.07 Å². The summed E-state index contributed by atoms with van der Waals surface area (Å²) in [7, 11) is 0. The van der Waals surface area contributed by atoms with Crippen molar-refractivity contribution in [1.82, 2.24) is 4.98 Å². The monoisotopic (exact) mass is 273 g/mol. The molecule has 19 heavy (non-hydrogen) atoms. The molecule has 2 N–H and O–H groups in total. The van der Waals surface area contributed by atoms with Gasteiger partial charge in [0.1, 0.15) is 5.15 Å². The summed E-state index contributed by atoms with van der Waals surface area (Å²) in [6.45, 7) is 1.79. The molecule has 3 rings (SSSR count). The van der Waals surface area contributed by atoms with Crippen molar-refractivity contribution in [3.8, 4) is 0 Å². The molecule has 0 atom stereocenters. The molecule has 3 nitrogen and oxygen atoms in total. The van der Waals surface area contributed by atoms with E-state index in [9.17, 15) is 0 Å². The molecular formula is C15H16ClN3. The van der Waals surface area contributed by atoms with Crippen LogP contribution in [0.15, 0.2) is 36.4 Å². The fourth-order valence-corrected chi connectivity index (χ4v) is 2.71. The quantitative estimate of drug-likeness (QED) is 0.811. The van der Waals surface area contributed by atoms with Crippen LogP contribution < -0.4 is 10.6 Å². The van der Waals surface area contributed by atoms with Gasteiger partial charge in [0.05, 0.1) is 5.69 Å². The van der Waals surface area contributed by atoms with Gasteiger partial charge >= 0.3 is 0 Å². The van der Waals surface area contributed by atoms with Crippen molar-refractivity contribution >= 4 is 23.1 Å². The first-order chi connectivity index (χ1) is 9.24. The van der Waals surface area contributed by atoms with Gasteiger partial charge in [-0.2, -0.15) is 0 Å². The molecule has 1 aliphatic rings. The maximum absolute atomic E-state index is 6.03. The summed E-state index contributed by atoms with van der Waals surface area (Å²) in [5, 5.41) is 0.488. The Morgan fingerprint density at radius 2 is 1.89 bits per heavy atom. The number of pyridine rings is 1. The van der Waals surface area contributed by atoms with Crippen LogP contribution in [0.25, 0.3) is 0 Å². The Kier molecular flexibility index (Phi) is 3.30. The van der Waals surface area contributed by atoms with Crippen molar-refractivity contribution < 1.29 is 0 Å². The third-order valence-electron chi connectivity index (χ3n) is 3.52. The maximum Gasteiger partial charge on any atom is 0.153 e. The largest absolute Gasteiger partial charge is 0.396 e. The number of hydrogen-bond donors (Lipinski definition) is 1. The van der Waals surface area contributed by atoms with Crippen LogP contribution in [-0.4, -0.2) is 11.5 Å². The summed E-state index contributed by atoms with van der Waals surface area (Å²) in [6, 6.07) is 12.1. The number of aryl methyl sites for hydroxylation is 1. The van der Waals surface area contributed by atoms with Crippen molar-refractivity contribution in [2.45, 2.75) is 19.4 Å². The number of fused-ring (bicyclic) bond motifs is 1. The van der Waals surface area contributed by atoms with Crippen LogP contribution in [0.5, 0.6) is 0 Å². The van der Waals surface area contributed by atoms with E-state index >= 15 is 0 Å². The van der Waals surface area contributed by atoms with Gasteiger partial charge in [-0.1, -0.05) is 35.9 Å². The molecule has 98 valence electrons. The minimum atomic E-state index is 0.488. The number of anilines is 2. The Labute approximate surface area is 118 Å². The molecule has 0 bridgehead atoms. The molecule has 0 aliphatic carbocycles. The van der Waals surface area contributed by atoms with E-state index in [0.717, 1.165) is 31.7 Å². The zero-order valence-corrected chi connectivity index (χ0v) is 11.4. The van der Waals surface area contributed by atoms with Gasteiger partial charge in [0.15, 0.2) is 5.82 Å². The maximum atomic E-state index is 6.03. The Hall–Kier alpha value is -1.74. The number of halogens is 1. The van der Waals surface area contributed by atoms with Gasteiger partial charge in [-0.05, 0) is 36.1 Å². The van der Waals surface area contributed by atoms with E-state index in [0.29, 0.717) is 10.8 Å². The van der Waals surface area contributed by atoms with Crippen molar-refractivity contribution in [2.24, 2.45) is 0 Å². The summed E-state index contributed by atoms with van der Waals surface area (Å²) in [4.78, 5) is 6.59. The van der Waals surface area contributed by atoms with Crippen LogP contribution in [0, 0.1) is 0 Å². The van der Waals surface area contributed by atoms with Crippen LogP contribution in [0.3, 0.4) is 0 Å². The summed E-state index contributed by atoms with van der Waals surface area (Å²) >= 11 is 5.98. The lowest BCUT2D eigenvalue weighted by atomic mass is 10.0. The van der Waals surface area contributed by atoms with Gasteiger partial charge in [-0.15, -0.1) is 0 Å². The number of rotatable bonds is 1. The average Bonchev–Trinajstić information content (AvgIpc) is 2.63. The first-order valence-electron chi connectivity index (χ1n) is 6.48. The second kappa shape index (κ2) is 5.10. The van der Waals surface area contributed by atoms with Crippen molar-refractivity contribution in [1.29, 1.82) is 0 Å². The first kappa shape index (κ1) is 12.3. The van der Waals surface area contributed by atoms with E-state index < -0.39 is 0 Å². The van der Waals surface area contributed by atoms with Crippen molar-refractivity contribution in [3.05, 3.63) is 52.7 Å². The second-order valence-electron chi connectivity index (χ2n) is 4.84. The lowest BCUT2D eigenvalue weighted by Gasteiger charge is -2.23. The molecular weight excluding hydrogens is 258 g/mol. The normalized spacial score (nSPS) is 14.9. The highest BCUT2D eigenvalue weighted by Gasteiger charge is 2.17. The van der Waals surface area contributed by atoms with E-state index in [1.165, 1.54) is 11.1 Å². The molecule has 0 saturated heterocycles. The molecule has 0 radical (unpaired) electrons. The van der Waals surface area contributed by atoms with Crippen LogP contribution in [0.4, 0.5) is 11.5 Å². The summed E-state index contributed by atoms with van der Waals surface area (Å²) in [5.41, 5.74) is 9.48. The molecule has 0 amide bonds. The molecule has 0 spiro atoms. The first-order valence-corrected chi connectivity index (χ1v) is 6.85. The standard InChI is InChI=1S/C15H16ClN3/c16-14-8-7-13(17)15(18-14)19-9-3-6-11-4-1-2-5-12(11)10-19/h1-2,4-5,7-8H,3,6,9-10,17H2. The molecule has 1 aliphatic heterocycles. The summed E-state index contributed by atoms with van der Waals surface area (Å²) in [6.07, 6.45) is 2.21. The molecule has 2 aromatic rings. The van der Waals surface area contributed by atoms with E-state index in [4.69, 9.17) is 17.3 Å². The van der Waals surface area contributed by atoms with Gasteiger partial charge in [0.2, 0.25) is 0 Å². The van der Waals surface area contributed by atoms with Gasteiger partial charge in [0.25, 0.3) is 0 Å². The highest BCUT2D eigenvalue weighted by Crippen LogP contribution is 2.27. The van der Waals surface area contributed by atoms with E-state index in [2.05, 4.69) is 34.1 Å². The molecule has 0 saturated carbocycles. The number of nitrogens with zero attached hydrogens (tertiary/aromatic N) is 2. The van der Waals surface area contributed by atoms with Gasteiger partial charge in [0, 0.05) is 13.1 Å². The fourth-order valence-electron chi connectivity index (χ4n) is 2.57. The zero-order valence-electron chi connectivity index (χ0n) is 10.6. The smallest absolute Gasteiger partial charge is 0.153 e. The Morgan fingerprint density at radius 3 is 2.74 bits per heavy atom. The molecule has 0 unspecified atom stereocenters. The number of benzene rings is 1. The van der Waals surface area contributed by atoms with Crippen LogP contribution in [0.1, 0.15) is 17.5 Å². The SMILES string of the molecule is Nc1ccc(Cl)nc1N1CCCc2ccccc2C1. The van der Waals surface area contributed by atoms with E-state index in [1.807, 2.05) is 6.07 Å². The van der Waals surface area contributed by atoms with Crippen molar-refractivity contribution in [3.63, 3.8) is 0 Å². The predicted octanol–water partition coefficient (Wildman–Crippen LogP) is 3.27. The third-order valence-corrected chi connectivity index (χ3v) is 3.74. The highest BCUT2D eigenvalue weighted by atomic mass is 35.5. The minimum absolute atomic E-state index is 0.488. The van der Waals surface area contributed by atoms with Crippen LogP contribution in [-0.2, 0) is 13.0 Å². The third kappa shape index (κ3) is 2.51. The molecule has 1 aromatic carbocycles. The second-order valence-corrected chi connectivity index (χ2v) is 5.23. The van der Waals surface area contributed by atoms with Crippen LogP contribution in [0.2, 0.25) is 5.15 Å². The number of aromatic nitrogens is 1. The van der Waals surface area contributed by atoms with E-state index in [-0.39, 0.29) is 0 Å². The Morgan fingerprint density at radius 1 is 1.11 bits per heavy atom. The minimum Gasteiger partial charge on any atom is -0.396 e. The molecule has 0 fully saturated rings. The topological polar surface area (TPSA) is 42.1 Å². The summed E-state index contributed by atoms with van der Waals surface area (Å²) < 4.78 is 0. The Balaban J connectivity index is 1.96. The van der Waals surface area contributed by atoms with Gasteiger partial charge < -0.3 is 10.6 Å². The van der Waals surface area contributed by atoms with Crippen LogP contribution >= 0.6 is 11.6 Å². The number of nitrogens with two attached hydrogens (primary N) is 1. The number of hydrogen-bond acceptors (Lipinski definition) is 3. The Bertz CT molecular complexity index is 598. The average molecular weight is 274 g/mol. The molecule has 2 heterocycles. The lowest BCUT2D eigenvalue weighted by Crippen LogP contribution is -2.24. The lowest BCUT2D eigenvalue weighted by molar-refractivity contribution is 0.756. The molecule has 4 heteroatoms. The highest BCUT2D eigenvalue weighted by molar-refractivity contribution is 6.29. The van der Waals surface area contributed by atoms with Crippen molar-refractivity contribution in [2.75, 3.05) is 17.2 Å². The predicted molar refractivity (Wildman–Crippen MR) is 79.5 cm³/mol. The molecule has 1 aromatic heterocycles. The van der Waals surface area contributed by atoms with Gasteiger partial charge in [-0.3, -0.25) is 0 Å². The zero-order chi connectivity index (χ0) is 13.2.